The summed E-state index contributed by atoms with van der Waals surface area (Å²) in [6, 6.07) is 2.50. The number of thiophene rings is 1. The zero-order valence-electron chi connectivity index (χ0n) is 9.76. The monoisotopic (exact) mass is 273 g/mol. The summed E-state index contributed by atoms with van der Waals surface area (Å²) in [5, 5.41) is 6.48. The Balaban J connectivity index is 1.88. The second-order valence-corrected chi connectivity index (χ2v) is 8.23. The van der Waals surface area contributed by atoms with Gasteiger partial charge in [0, 0.05) is 27.5 Å². The molecule has 90 valence electrons. The van der Waals surface area contributed by atoms with Crippen LogP contribution < -0.4 is 5.73 Å². The zero-order valence-corrected chi connectivity index (χ0v) is 12.2. The third-order valence-corrected chi connectivity index (χ3v) is 7.41. The van der Waals surface area contributed by atoms with Crippen LogP contribution >= 0.6 is 34.9 Å². The van der Waals surface area contributed by atoms with Gasteiger partial charge in [0.25, 0.3) is 0 Å². The van der Waals surface area contributed by atoms with Crippen molar-refractivity contribution in [2.24, 2.45) is 5.73 Å². The SMILES string of the molecule is CC1SCC(C(N)Cc2ccsc2)SC1C. The van der Waals surface area contributed by atoms with Crippen LogP contribution in [0.25, 0.3) is 0 Å². The summed E-state index contributed by atoms with van der Waals surface area (Å²) in [5.41, 5.74) is 7.72. The number of hydrogen-bond donors (Lipinski definition) is 1. The third kappa shape index (κ3) is 3.19. The van der Waals surface area contributed by atoms with Crippen molar-refractivity contribution in [3.8, 4) is 0 Å². The molecule has 1 aliphatic rings. The molecule has 0 spiro atoms. The lowest BCUT2D eigenvalue weighted by atomic mass is 10.1. The van der Waals surface area contributed by atoms with Gasteiger partial charge in [-0.05, 0) is 28.8 Å². The number of rotatable bonds is 3. The molecule has 1 fully saturated rings. The van der Waals surface area contributed by atoms with Gasteiger partial charge in [-0.15, -0.1) is 0 Å². The fourth-order valence-electron chi connectivity index (χ4n) is 1.84. The van der Waals surface area contributed by atoms with E-state index in [-0.39, 0.29) is 0 Å². The largest absolute Gasteiger partial charge is 0.326 e. The van der Waals surface area contributed by atoms with Gasteiger partial charge in [0.05, 0.1) is 0 Å². The molecule has 0 aliphatic carbocycles. The first-order valence-corrected chi connectivity index (χ1v) is 8.64. The van der Waals surface area contributed by atoms with Crippen molar-refractivity contribution in [1.29, 1.82) is 0 Å². The summed E-state index contributed by atoms with van der Waals surface area (Å²) < 4.78 is 0. The summed E-state index contributed by atoms with van der Waals surface area (Å²) in [6.45, 7) is 4.65. The number of nitrogens with two attached hydrogens (primary N) is 1. The molecule has 0 aromatic carbocycles. The molecule has 16 heavy (non-hydrogen) atoms. The number of thioether (sulfide) groups is 2. The molecule has 2 N–H and O–H groups in total. The average Bonchev–Trinajstić information content (AvgIpc) is 2.74. The van der Waals surface area contributed by atoms with Crippen molar-refractivity contribution in [1.82, 2.24) is 0 Å². The van der Waals surface area contributed by atoms with Crippen molar-refractivity contribution in [2.75, 3.05) is 5.75 Å². The molecule has 1 nitrogen and oxygen atoms in total. The standard InChI is InChI=1S/C12H19NS3/c1-8-9(2)16-12(7-15-8)11(13)5-10-3-4-14-6-10/h3-4,6,8-9,11-12H,5,7,13H2,1-2H3. The second-order valence-electron chi connectivity index (χ2n) is 4.42. The highest BCUT2D eigenvalue weighted by atomic mass is 32.2. The minimum Gasteiger partial charge on any atom is -0.326 e. The Labute approximate surface area is 111 Å². The van der Waals surface area contributed by atoms with Gasteiger partial charge in [0.1, 0.15) is 0 Å². The van der Waals surface area contributed by atoms with E-state index in [0.717, 1.165) is 16.9 Å². The van der Waals surface area contributed by atoms with E-state index < -0.39 is 0 Å². The maximum atomic E-state index is 6.32. The van der Waals surface area contributed by atoms with Crippen LogP contribution in [0, 0.1) is 0 Å². The van der Waals surface area contributed by atoms with Crippen LogP contribution in [0.1, 0.15) is 19.4 Å². The lowest BCUT2D eigenvalue weighted by molar-refractivity contribution is 0.658. The molecule has 2 rings (SSSR count). The van der Waals surface area contributed by atoms with Crippen molar-refractivity contribution < 1.29 is 0 Å². The molecule has 2 heterocycles. The quantitative estimate of drug-likeness (QED) is 0.915. The molecule has 0 bridgehead atoms. The maximum absolute atomic E-state index is 6.32. The second kappa shape index (κ2) is 5.80. The Bertz CT molecular complexity index is 312. The molecule has 0 amide bonds. The maximum Gasteiger partial charge on any atom is 0.0295 e. The van der Waals surface area contributed by atoms with Crippen LogP contribution in [0.5, 0.6) is 0 Å². The van der Waals surface area contributed by atoms with Crippen LogP contribution in [0.15, 0.2) is 16.8 Å². The molecule has 4 heteroatoms. The van der Waals surface area contributed by atoms with Crippen LogP contribution in [0.2, 0.25) is 0 Å². The molecule has 0 radical (unpaired) electrons. The molecule has 1 aliphatic heterocycles. The highest BCUT2D eigenvalue weighted by Crippen LogP contribution is 2.37. The van der Waals surface area contributed by atoms with Gasteiger partial charge in [-0.3, -0.25) is 0 Å². The van der Waals surface area contributed by atoms with Gasteiger partial charge in [-0.25, -0.2) is 0 Å². The van der Waals surface area contributed by atoms with Crippen molar-refractivity contribution in [2.45, 2.75) is 42.1 Å². The Hall–Kier alpha value is 0.360. The molecular weight excluding hydrogens is 254 g/mol. The summed E-state index contributed by atoms with van der Waals surface area (Å²) in [6.07, 6.45) is 1.03. The van der Waals surface area contributed by atoms with E-state index in [1.54, 1.807) is 11.3 Å². The van der Waals surface area contributed by atoms with Crippen LogP contribution in [0.4, 0.5) is 0 Å². The van der Waals surface area contributed by atoms with Gasteiger partial charge in [-0.2, -0.15) is 34.9 Å². The van der Waals surface area contributed by atoms with E-state index in [1.807, 2.05) is 0 Å². The topological polar surface area (TPSA) is 26.0 Å². The fraction of sp³-hybridized carbons (Fsp3) is 0.667. The first-order chi connectivity index (χ1) is 7.66. The molecular formula is C12H19NS3. The normalized spacial score (nSPS) is 32.6. The lowest BCUT2D eigenvalue weighted by Gasteiger charge is -2.34. The van der Waals surface area contributed by atoms with Crippen molar-refractivity contribution in [3.63, 3.8) is 0 Å². The summed E-state index contributed by atoms with van der Waals surface area (Å²) >= 11 is 5.92. The Kier molecular flexibility index (Phi) is 4.65. The van der Waals surface area contributed by atoms with E-state index in [4.69, 9.17) is 5.73 Å². The Morgan fingerprint density at radius 3 is 2.88 bits per heavy atom. The third-order valence-electron chi connectivity index (χ3n) is 3.10. The van der Waals surface area contributed by atoms with Gasteiger partial charge in [0.15, 0.2) is 0 Å². The van der Waals surface area contributed by atoms with Gasteiger partial charge >= 0.3 is 0 Å². The molecule has 4 unspecified atom stereocenters. The predicted octanol–water partition coefficient (Wildman–Crippen LogP) is 3.24. The smallest absolute Gasteiger partial charge is 0.0295 e. The van der Waals surface area contributed by atoms with Crippen LogP contribution in [0.3, 0.4) is 0 Å². The Morgan fingerprint density at radius 1 is 1.44 bits per heavy atom. The summed E-state index contributed by atoms with van der Waals surface area (Å²) in [7, 11) is 0. The van der Waals surface area contributed by atoms with Crippen LogP contribution in [-0.2, 0) is 6.42 Å². The van der Waals surface area contributed by atoms with E-state index in [2.05, 4.69) is 54.2 Å². The van der Waals surface area contributed by atoms with Gasteiger partial charge < -0.3 is 5.73 Å². The molecule has 4 atom stereocenters. The molecule has 1 aromatic heterocycles. The van der Waals surface area contributed by atoms with E-state index in [1.165, 1.54) is 11.3 Å². The first kappa shape index (κ1) is 12.8. The highest BCUT2D eigenvalue weighted by Gasteiger charge is 2.29. The first-order valence-electron chi connectivity index (χ1n) is 5.70. The van der Waals surface area contributed by atoms with E-state index in [9.17, 15) is 0 Å². The summed E-state index contributed by atoms with van der Waals surface area (Å²) in [4.78, 5) is 0. The summed E-state index contributed by atoms with van der Waals surface area (Å²) in [5.74, 6) is 1.21. The van der Waals surface area contributed by atoms with Crippen molar-refractivity contribution >= 4 is 34.9 Å². The van der Waals surface area contributed by atoms with E-state index >= 15 is 0 Å². The number of hydrogen-bond acceptors (Lipinski definition) is 4. The lowest BCUT2D eigenvalue weighted by Crippen LogP contribution is -2.41. The van der Waals surface area contributed by atoms with Gasteiger partial charge in [0.2, 0.25) is 0 Å². The molecule has 0 saturated carbocycles. The predicted molar refractivity (Wildman–Crippen MR) is 78.8 cm³/mol. The fourth-order valence-corrected chi connectivity index (χ4v) is 5.59. The van der Waals surface area contributed by atoms with E-state index in [0.29, 0.717) is 11.3 Å². The average molecular weight is 273 g/mol. The molecule has 1 saturated heterocycles. The minimum atomic E-state index is 0.307. The Morgan fingerprint density at radius 2 is 2.25 bits per heavy atom. The van der Waals surface area contributed by atoms with Crippen molar-refractivity contribution in [3.05, 3.63) is 22.4 Å². The van der Waals surface area contributed by atoms with Gasteiger partial charge in [-0.1, -0.05) is 13.8 Å². The highest BCUT2D eigenvalue weighted by molar-refractivity contribution is 8.07. The molecule has 1 aromatic rings. The zero-order chi connectivity index (χ0) is 11.5. The minimum absolute atomic E-state index is 0.307. The van der Waals surface area contributed by atoms with Crippen LogP contribution in [-0.4, -0.2) is 27.5 Å².